The molecule has 0 saturated heterocycles. The summed E-state index contributed by atoms with van der Waals surface area (Å²) in [6.45, 7) is 4.72. The molecule has 3 aliphatic rings. The molecule has 0 heteroatoms. The summed E-state index contributed by atoms with van der Waals surface area (Å²) in [5.74, 6) is 2.77. The van der Waals surface area contributed by atoms with Gasteiger partial charge in [0.1, 0.15) is 0 Å². The van der Waals surface area contributed by atoms with Gasteiger partial charge in [-0.1, -0.05) is 42.8 Å². The van der Waals surface area contributed by atoms with Crippen molar-refractivity contribution in [2.45, 2.75) is 64.7 Å². The molecule has 0 N–H and O–H groups in total. The molecule has 0 radical (unpaired) electrons. The van der Waals surface area contributed by atoms with Gasteiger partial charge in [0.05, 0.1) is 0 Å². The van der Waals surface area contributed by atoms with Crippen LogP contribution in [-0.2, 0) is 6.42 Å². The Morgan fingerprint density at radius 3 is 2.81 bits per heavy atom. The van der Waals surface area contributed by atoms with E-state index in [1.165, 1.54) is 44.9 Å². The lowest BCUT2D eigenvalue weighted by molar-refractivity contribution is 0.0640. The van der Waals surface area contributed by atoms with E-state index < -0.39 is 0 Å². The largest absolute Gasteiger partial charge is 0.0879 e. The summed E-state index contributed by atoms with van der Waals surface area (Å²) >= 11 is 0. The van der Waals surface area contributed by atoms with Crippen LogP contribution in [0.1, 0.15) is 69.4 Å². The molecule has 0 aromatic heterocycles. The third-order valence-electron chi connectivity index (χ3n) is 7.19. The Morgan fingerprint density at radius 1 is 1.14 bits per heavy atom. The van der Waals surface area contributed by atoms with Crippen molar-refractivity contribution in [3.8, 4) is 0 Å². The lowest BCUT2D eigenvalue weighted by Gasteiger charge is -2.51. The maximum absolute atomic E-state index is 2.46. The van der Waals surface area contributed by atoms with Crippen molar-refractivity contribution in [2.24, 2.45) is 17.3 Å². The summed E-state index contributed by atoms with van der Waals surface area (Å²) < 4.78 is 0. The molecule has 0 nitrogen and oxygen atoms in total. The third kappa shape index (κ3) is 1.81. The van der Waals surface area contributed by atoms with Gasteiger partial charge >= 0.3 is 0 Å². The maximum Gasteiger partial charge on any atom is -0.00594 e. The molecule has 0 bridgehead atoms. The van der Waals surface area contributed by atoms with E-state index in [1.807, 2.05) is 0 Å². The highest BCUT2D eigenvalue weighted by Crippen LogP contribution is 2.64. The molecule has 1 aromatic carbocycles. The van der Waals surface area contributed by atoms with Crippen molar-refractivity contribution >= 4 is 0 Å². The average Bonchev–Trinajstić information content (AvgIpc) is 2.93. The molecule has 0 heterocycles. The Balaban J connectivity index is 1.73. The topological polar surface area (TPSA) is 0 Å². The fourth-order valence-electron chi connectivity index (χ4n) is 6.28. The Labute approximate surface area is 129 Å². The van der Waals surface area contributed by atoms with Crippen molar-refractivity contribution in [1.29, 1.82) is 0 Å². The van der Waals surface area contributed by atoms with Gasteiger partial charge in [-0.2, -0.15) is 0 Å². The van der Waals surface area contributed by atoms with Crippen LogP contribution in [0.15, 0.2) is 35.9 Å². The van der Waals surface area contributed by atoms with Gasteiger partial charge < -0.3 is 0 Å². The first-order chi connectivity index (χ1) is 10.3. The molecule has 4 rings (SSSR count). The molecule has 2 saturated carbocycles. The van der Waals surface area contributed by atoms with Crippen LogP contribution in [0.3, 0.4) is 0 Å². The molecule has 0 aliphatic heterocycles. The monoisotopic (exact) mass is 280 g/mol. The molecular formula is C21H28. The second kappa shape index (κ2) is 5.00. The Kier molecular flexibility index (Phi) is 3.24. The standard InChI is InChI=1S/C21H28/c1-3-16-10-12-20-19-11-9-15-7-5-6-8-17(15)18(19)13-14-21(16,20)4-2/h3,5-8,18-20H,4,9-14H2,1-2H3/b16-3-/t18-,19-,20+,21-/m1/s1. The van der Waals surface area contributed by atoms with Crippen LogP contribution in [0.5, 0.6) is 0 Å². The quantitative estimate of drug-likeness (QED) is 0.564. The zero-order valence-electron chi connectivity index (χ0n) is 13.6. The van der Waals surface area contributed by atoms with E-state index in [-0.39, 0.29) is 0 Å². The fraction of sp³-hybridized carbons (Fsp3) is 0.619. The van der Waals surface area contributed by atoms with E-state index in [1.54, 1.807) is 16.7 Å². The van der Waals surface area contributed by atoms with Crippen molar-refractivity contribution in [3.63, 3.8) is 0 Å². The van der Waals surface area contributed by atoms with E-state index in [9.17, 15) is 0 Å². The third-order valence-corrected chi connectivity index (χ3v) is 7.19. The van der Waals surface area contributed by atoms with Gasteiger partial charge in [0.25, 0.3) is 0 Å². The summed E-state index contributed by atoms with van der Waals surface area (Å²) in [4.78, 5) is 0. The van der Waals surface area contributed by atoms with Crippen LogP contribution < -0.4 is 0 Å². The number of rotatable bonds is 1. The minimum absolute atomic E-state index is 0.572. The highest BCUT2D eigenvalue weighted by molar-refractivity contribution is 5.36. The number of aryl methyl sites for hydroxylation is 1. The molecule has 0 spiro atoms. The first kappa shape index (κ1) is 13.6. The molecular weight excluding hydrogens is 252 g/mol. The fourth-order valence-corrected chi connectivity index (χ4v) is 6.28. The Bertz CT molecular complexity index is 567. The highest BCUT2D eigenvalue weighted by Gasteiger charge is 2.53. The summed E-state index contributed by atoms with van der Waals surface area (Å²) in [6, 6.07) is 9.29. The molecule has 21 heavy (non-hydrogen) atoms. The summed E-state index contributed by atoms with van der Waals surface area (Å²) in [6.07, 6.45) is 12.3. The second-order valence-electron chi connectivity index (χ2n) is 7.52. The average molecular weight is 280 g/mol. The molecule has 4 atom stereocenters. The van der Waals surface area contributed by atoms with E-state index in [0.717, 1.165) is 17.8 Å². The van der Waals surface area contributed by atoms with Crippen LogP contribution in [0, 0.1) is 17.3 Å². The van der Waals surface area contributed by atoms with Crippen LogP contribution in [0.25, 0.3) is 0 Å². The highest BCUT2D eigenvalue weighted by atomic mass is 14.6. The minimum Gasteiger partial charge on any atom is -0.0879 e. The van der Waals surface area contributed by atoms with Crippen molar-refractivity contribution in [1.82, 2.24) is 0 Å². The lowest BCUT2D eigenvalue weighted by atomic mass is 9.53. The number of fused-ring (bicyclic) bond motifs is 5. The molecule has 112 valence electrons. The number of allylic oxidation sites excluding steroid dienone is 2. The van der Waals surface area contributed by atoms with Gasteiger partial charge in [0, 0.05) is 0 Å². The summed E-state index contributed by atoms with van der Waals surface area (Å²) in [5, 5.41) is 0. The molecule has 1 aromatic rings. The Morgan fingerprint density at radius 2 is 2.00 bits per heavy atom. The van der Waals surface area contributed by atoms with Gasteiger partial charge in [0.2, 0.25) is 0 Å². The molecule has 0 unspecified atom stereocenters. The maximum atomic E-state index is 2.46. The van der Waals surface area contributed by atoms with E-state index in [2.05, 4.69) is 44.2 Å². The van der Waals surface area contributed by atoms with Crippen LogP contribution in [-0.4, -0.2) is 0 Å². The van der Waals surface area contributed by atoms with Gasteiger partial charge in [-0.3, -0.25) is 0 Å². The second-order valence-corrected chi connectivity index (χ2v) is 7.52. The van der Waals surface area contributed by atoms with Gasteiger partial charge in [-0.15, -0.1) is 0 Å². The summed E-state index contributed by atoms with van der Waals surface area (Å²) in [5.41, 5.74) is 5.72. The normalized spacial score (nSPS) is 39.7. The number of hydrogen-bond donors (Lipinski definition) is 0. The van der Waals surface area contributed by atoms with E-state index in [4.69, 9.17) is 0 Å². The van der Waals surface area contributed by atoms with Crippen LogP contribution >= 0.6 is 0 Å². The van der Waals surface area contributed by atoms with E-state index >= 15 is 0 Å². The minimum atomic E-state index is 0.572. The first-order valence-electron chi connectivity index (χ1n) is 9.03. The van der Waals surface area contributed by atoms with Crippen LogP contribution in [0.2, 0.25) is 0 Å². The van der Waals surface area contributed by atoms with Gasteiger partial charge in [-0.25, -0.2) is 0 Å². The van der Waals surface area contributed by atoms with Crippen LogP contribution in [0.4, 0.5) is 0 Å². The zero-order valence-corrected chi connectivity index (χ0v) is 13.6. The predicted octanol–water partition coefficient (Wildman–Crippen LogP) is 5.88. The Hall–Kier alpha value is -1.04. The predicted molar refractivity (Wildman–Crippen MR) is 89.4 cm³/mol. The molecule has 0 amide bonds. The number of hydrogen-bond acceptors (Lipinski definition) is 0. The lowest BCUT2D eigenvalue weighted by Crippen LogP contribution is -2.41. The molecule has 3 aliphatic carbocycles. The smallest absolute Gasteiger partial charge is 0.00594 e. The van der Waals surface area contributed by atoms with Crippen molar-refractivity contribution < 1.29 is 0 Å². The van der Waals surface area contributed by atoms with Crippen molar-refractivity contribution in [3.05, 3.63) is 47.0 Å². The van der Waals surface area contributed by atoms with Crippen molar-refractivity contribution in [2.75, 3.05) is 0 Å². The first-order valence-corrected chi connectivity index (χ1v) is 9.03. The zero-order chi connectivity index (χ0) is 14.4. The summed E-state index contributed by atoms with van der Waals surface area (Å²) in [7, 11) is 0. The molecule has 2 fully saturated rings. The van der Waals surface area contributed by atoms with Gasteiger partial charge in [0.15, 0.2) is 0 Å². The van der Waals surface area contributed by atoms with E-state index in [0.29, 0.717) is 5.41 Å². The SMILES string of the molecule is C/C=C1/CC[C@H]2[C@@H]3CCc4ccccc4[C@H]3CC[C@]12CC. The van der Waals surface area contributed by atoms with Gasteiger partial charge in [-0.05, 0) is 86.2 Å². The number of benzene rings is 1.